The van der Waals surface area contributed by atoms with Crippen molar-refractivity contribution in [3.05, 3.63) is 29.7 Å². The van der Waals surface area contributed by atoms with Gasteiger partial charge in [-0.2, -0.15) is 0 Å². The number of hydrogen-bond acceptors (Lipinski definition) is 3. The Kier molecular flexibility index (Phi) is 3.48. The number of amides is 1. The van der Waals surface area contributed by atoms with E-state index in [4.69, 9.17) is 9.84 Å². The van der Waals surface area contributed by atoms with Crippen LogP contribution in [0.1, 0.15) is 23.3 Å². The van der Waals surface area contributed by atoms with Gasteiger partial charge in [0.1, 0.15) is 23.3 Å². The first-order valence-corrected chi connectivity index (χ1v) is 6.92. The number of carboxylic acid groups (broad SMARTS) is 1. The van der Waals surface area contributed by atoms with Crippen LogP contribution in [0.25, 0.3) is 10.9 Å². The summed E-state index contributed by atoms with van der Waals surface area (Å²) >= 11 is 0. The second kappa shape index (κ2) is 5.32. The largest absolute Gasteiger partial charge is 0.496 e. The van der Waals surface area contributed by atoms with E-state index in [0.717, 1.165) is 0 Å². The number of rotatable bonds is 3. The van der Waals surface area contributed by atoms with Crippen molar-refractivity contribution in [2.24, 2.45) is 0 Å². The molecular formula is C15H15FN2O4. The fourth-order valence-electron chi connectivity index (χ4n) is 2.87. The number of ether oxygens (including phenoxy) is 1. The fraction of sp³-hybridized carbons (Fsp3) is 0.333. The van der Waals surface area contributed by atoms with Gasteiger partial charge in [-0.25, -0.2) is 9.18 Å². The second-order valence-corrected chi connectivity index (χ2v) is 5.22. The maximum atomic E-state index is 13.9. The van der Waals surface area contributed by atoms with E-state index >= 15 is 0 Å². The highest BCUT2D eigenvalue weighted by atomic mass is 19.1. The molecule has 3 rings (SSSR count). The molecule has 0 spiro atoms. The third-order valence-corrected chi connectivity index (χ3v) is 3.95. The summed E-state index contributed by atoms with van der Waals surface area (Å²) in [5.41, 5.74) is 0.334. The quantitative estimate of drug-likeness (QED) is 0.908. The lowest BCUT2D eigenvalue weighted by molar-refractivity contribution is -0.141. The van der Waals surface area contributed by atoms with E-state index in [0.29, 0.717) is 30.5 Å². The van der Waals surface area contributed by atoms with Crippen molar-refractivity contribution >= 4 is 22.8 Å². The summed E-state index contributed by atoms with van der Waals surface area (Å²) in [6.07, 6.45) is 1.07. The summed E-state index contributed by atoms with van der Waals surface area (Å²) in [6, 6.07) is 3.40. The number of benzene rings is 1. The van der Waals surface area contributed by atoms with Crippen LogP contribution in [0.3, 0.4) is 0 Å². The first kappa shape index (κ1) is 14.4. The molecule has 2 aromatic rings. The first-order chi connectivity index (χ1) is 10.5. The van der Waals surface area contributed by atoms with Gasteiger partial charge in [-0.3, -0.25) is 4.79 Å². The maximum Gasteiger partial charge on any atom is 0.326 e. The molecule has 1 unspecified atom stereocenters. The minimum atomic E-state index is -1.02. The van der Waals surface area contributed by atoms with Crippen LogP contribution in [-0.2, 0) is 4.79 Å². The van der Waals surface area contributed by atoms with Crippen LogP contribution in [0.4, 0.5) is 4.39 Å². The van der Waals surface area contributed by atoms with Gasteiger partial charge in [0.2, 0.25) is 0 Å². The number of halogens is 1. The number of likely N-dealkylation sites (tertiary alicyclic amines) is 1. The van der Waals surface area contributed by atoms with E-state index in [9.17, 15) is 14.0 Å². The normalized spacial score (nSPS) is 17.9. The number of carbonyl (C=O) groups excluding carboxylic acids is 1. The Morgan fingerprint density at radius 1 is 1.45 bits per heavy atom. The summed E-state index contributed by atoms with van der Waals surface area (Å²) < 4.78 is 19.0. The predicted octanol–water partition coefficient (Wildman–Crippen LogP) is 2.00. The number of nitrogens with zero attached hydrogens (tertiary/aromatic N) is 1. The molecule has 1 amide bonds. The molecule has 0 aliphatic carbocycles. The van der Waals surface area contributed by atoms with E-state index in [1.165, 1.54) is 30.2 Å². The van der Waals surface area contributed by atoms with Crippen LogP contribution in [0, 0.1) is 5.82 Å². The zero-order valence-electron chi connectivity index (χ0n) is 11.9. The van der Waals surface area contributed by atoms with Crippen LogP contribution < -0.4 is 4.74 Å². The lowest BCUT2D eigenvalue weighted by atomic mass is 10.2. The van der Waals surface area contributed by atoms with Crippen molar-refractivity contribution in [3.8, 4) is 5.75 Å². The average Bonchev–Trinajstić information content (AvgIpc) is 3.14. The molecule has 1 aliphatic heterocycles. The Labute approximate surface area is 125 Å². The molecular weight excluding hydrogens is 291 g/mol. The average molecular weight is 306 g/mol. The molecule has 1 aromatic heterocycles. The lowest BCUT2D eigenvalue weighted by Crippen LogP contribution is -2.40. The van der Waals surface area contributed by atoms with Gasteiger partial charge in [-0.15, -0.1) is 0 Å². The van der Waals surface area contributed by atoms with E-state index in [-0.39, 0.29) is 11.2 Å². The number of methoxy groups -OCH3 is 1. The third-order valence-electron chi connectivity index (χ3n) is 3.95. The van der Waals surface area contributed by atoms with E-state index < -0.39 is 23.7 Å². The Morgan fingerprint density at radius 3 is 2.91 bits per heavy atom. The minimum absolute atomic E-state index is 0.159. The second-order valence-electron chi connectivity index (χ2n) is 5.22. The van der Waals surface area contributed by atoms with Gasteiger partial charge in [0, 0.05) is 11.9 Å². The van der Waals surface area contributed by atoms with Gasteiger partial charge in [0.25, 0.3) is 5.91 Å². The molecule has 7 heteroatoms. The predicted molar refractivity (Wildman–Crippen MR) is 76.5 cm³/mol. The van der Waals surface area contributed by atoms with Crippen LogP contribution in [0.2, 0.25) is 0 Å². The molecule has 6 nitrogen and oxygen atoms in total. The smallest absolute Gasteiger partial charge is 0.326 e. The number of fused-ring (bicyclic) bond motifs is 1. The van der Waals surface area contributed by atoms with Gasteiger partial charge in [0.05, 0.1) is 12.6 Å². The van der Waals surface area contributed by atoms with Crippen LogP contribution in [0.5, 0.6) is 5.75 Å². The highest BCUT2D eigenvalue weighted by Gasteiger charge is 2.35. The molecule has 1 aliphatic rings. The molecule has 0 saturated carbocycles. The lowest BCUT2D eigenvalue weighted by Gasteiger charge is -2.20. The summed E-state index contributed by atoms with van der Waals surface area (Å²) in [5.74, 6) is -1.51. The molecule has 1 saturated heterocycles. The van der Waals surface area contributed by atoms with Gasteiger partial charge in [-0.1, -0.05) is 0 Å². The van der Waals surface area contributed by atoms with Crippen molar-refractivity contribution in [2.75, 3.05) is 13.7 Å². The molecule has 0 radical (unpaired) electrons. The van der Waals surface area contributed by atoms with Gasteiger partial charge < -0.3 is 19.7 Å². The number of carboxylic acids is 1. The Hall–Kier alpha value is -2.57. The van der Waals surface area contributed by atoms with Crippen molar-refractivity contribution in [3.63, 3.8) is 0 Å². The third kappa shape index (κ3) is 2.18. The fourth-order valence-corrected chi connectivity index (χ4v) is 2.87. The Morgan fingerprint density at radius 2 is 2.23 bits per heavy atom. The van der Waals surface area contributed by atoms with Gasteiger partial charge in [0.15, 0.2) is 0 Å². The maximum absolute atomic E-state index is 13.9. The van der Waals surface area contributed by atoms with E-state index in [2.05, 4.69) is 4.98 Å². The summed E-state index contributed by atoms with van der Waals surface area (Å²) in [5, 5.41) is 9.62. The summed E-state index contributed by atoms with van der Waals surface area (Å²) in [4.78, 5) is 27.7. The molecule has 2 heterocycles. The number of hydrogen-bond donors (Lipinski definition) is 2. The Bertz CT molecular complexity index is 755. The minimum Gasteiger partial charge on any atom is -0.496 e. The molecule has 116 valence electrons. The summed E-state index contributed by atoms with van der Waals surface area (Å²) in [6.45, 7) is 0.380. The number of aromatic amines is 1. The van der Waals surface area contributed by atoms with Crippen LogP contribution in [-0.4, -0.2) is 46.6 Å². The molecule has 1 atom stereocenters. The van der Waals surface area contributed by atoms with Crippen LogP contribution in [0.15, 0.2) is 18.2 Å². The van der Waals surface area contributed by atoms with Gasteiger partial charge >= 0.3 is 5.97 Å². The van der Waals surface area contributed by atoms with Gasteiger partial charge in [-0.05, 0) is 31.0 Å². The molecule has 1 fully saturated rings. The zero-order chi connectivity index (χ0) is 15.9. The van der Waals surface area contributed by atoms with E-state index in [1.54, 1.807) is 0 Å². The van der Waals surface area contributed by atoms with Crippen molar-refractivity contribution in [1.82, 2.24) is 9.88 Å². The molecule has 22 heavy (non-hydrogen) atoms. The van der Waals surface area contributed by atoms with Crippen molar-refractivity contribution < 1.29 is 23.8 Å². The monoisotopic (exact) mass is 306 g/mol. The number of aromatic nitrogens is 1. The molecule has 2 N–H and O–H groups in total. The topological polar surface area (TPSA) is 82.6 Å². The first-order valence-electron chi connectivity index (χ1n) is 6.92. The summed E-state index contributed by atoms with van der Waals surface area (Å²) in [7, 11) is 1.46. The highest BCUT2D eigenvalue weighted by Crippen LogP contribution is 2.29. The molecule has 0 bridgehead atoms. The zero-order valence-corrected chi connectivity index (χ0v) is 11.9. The number of aliphatic carboxylic acids is 1. The van der Waals surface area contributed by atoms with Crippen molar-refractivity contribution in [2.45, 2.75) is 18.9 Å². The van der Waals surface area contributed by atoms with E-state index in [1.807, 2.05) is 0 Å². The van der Waals surface area contributed by atoms with Crippen LogP contribution >= 0.6 is 0 Å². The number of nitrogens with one attached hydrogen (secondary N) is 1. The molecule has 1 aromatic carbocycles. The number of H-pyrrole nitrogens is 1. The SMILES string of the molecule is COc1ccc(F)c2[nH]c(C(=O)N3CCCC3C(=O)O)cc12. The highest BCUT2D eigenvalue weighted by molar-refractivity contribution is 6.01. The standard InChI is InChI=1S/C15H15FN2O4/c1-22-12-5-4-9(16)13-8(12)7-10(17-13)14(19)18-6-2-3-11(18)15(20)21/h4-5,7,11,17H,2-3,6H2,1H3,(H,20,21). The number of carbonyl (C=O) groups is 2. The van der Waals surface area contributed by atoms with Crippen molar-refractivity contribution in [1.29, 1.82) is 0 Å². The Balaban J connectivity index is 2.01.